The second kappa shape index (κ2) is 26.7. The maximum atomic E-state index is 15.1. The Morgan fingerprint density at radius 3 is 2.33 bits per heavy atom. The SMILES string of the molecule is CC[N+](CC)(Cc1ccc(C(=O)OCC(=O)[C@@]23O[C@H](C4CCCCC4)O[C@H]2CC2C4CCC5=CC(=O)C=C[C@]5(C)C4[C@@H](O)C[C@@]23C)cc1)Cc1cc(C(O)CNCCCCCCOCCCCc2ccccc2)ccc1OP(=O)(O)O. The van der Waals surface area contributed by atoms with Crippen LogP contribution in [0.3, 0.4) is 0 Å². The van der Waals surface area contributed by atoms with Gasteiger partial charge >= 0.3 is 13.8 Å². The average molecular weight is 1140 g/mol. The quantitative estimate of drug-likeness (QED) is 0.0199. The van der Waals surface area contributed by atoms with Gasteiger partial charge in [0.15, 0.2) is 24.3 Å². The van der Waals surface area contributed by atoms with Crippen molar-refractivity contribution in [2.45, 2.75) is 174 Å². The fourth-order valence-electron chi connectivity index (χ4n) is 15.3. The number of phosphoric ester groups is 1. The minimum Gasteiger partial charge on any atom is -0.454 e. The van der Waals surface area contributed by atoms with Crippen molar-refractivity contribution in [2.75, 3.05) is 46.0 Å². The first-order valence-corrected chi connectivity index (χ1v) is 31.9. The van der Waals surface area contributed by atoms with Gasteiger partial charge in [-0.3, -0.25) is 19.4 Å². The fourth-order valence-corrected chi connectivity index (χ4v) is 15.8. The molecule has 0 spiro atoms. The summed E-state index contributed by atoms with van der Waals surface area (Å²) < 4.78 is 43.6. The number of Topliss-reactive ketones (excluding diaryl/α,β-unsaturated/α-hetero) is 1. The Kier molecular flexibility index (Phi) is 20.2. The third kappa shape index (κ3) is 13.8. The molecule has 9 rings (SSSR count). The van der Waals surface area contributed by atoms with Crippen molar-refractivity contribution < 1.29 is 66.9 Å². The lowest BCUT2D eigenvalue weighted by Gasteiger charge is -2.59. The number of unbranched alkanes of at least 4 members (excludes halogenated alkanes) is 4. The van der Waals surface area contributed by atoms with E-state index >= 15 is 4.79 Å². The predicted octanol–water partition coefficient (Wildman–Crippen LogP) is 10.6. The van der Waals surface area contributed by atoms with Crippen molar-refractivity contribution in [3.8, 4) is 5.75 Å². The van der Waals surface area contributed by atoms with Gasteiger partial charge in [0.2, 0.25) is 5.78 Å². The molecule has 3 aromatic rings. The van der Waals surface area contributed by atoms with E-state index in [0.29, 0.717) is 61.2 Å². The van der Waals surface area contributed by atoms with Crippen molar-refractivity contribution in [1.29, 1.82) is 0 Å². The number of aliphatic hydroxyl groups excluding tert-OH is 2. The van der Waals surface area contributed by atoms with E-state index < -0.39 is 61.4 Å². The summed E-state index contributed by atoms with van der Waals surface area (Å²) in [6.45, 7) is 12.6. The number of hydrogen-bond donors (Lipinski definition) is 5. The van der Waals surface area contributed by atoms with E-state index in [0.717, 1.165) is 121 Å². The number of allylic oxidation sites excluding steroid dienone is 4. The molecule has 0 amide bonds. The molecule has 0 aromatic heterocycles. The van der Waals surface area contributed by atoms with Crippen LogP contribution < -0.4 is 9.84 Å². The number of quaternary nitrogens is 1. The molecule has 6 aliphatic rings. The molecule has 5 N–H and O–H groups in total. The molecule has 1 saturated heterocycles. The van der Waals surface area contributed by atoms with Gasteiger partial charge in [-0.05, 0) is 150 Å². The van der Waals surface area contributed by atoms with Gasteiger partial charge in [-0.15, -0.1) is 0 Å². The number of fused-ring (bicyclic) bond motifs is 7. The zero-order chi connectivity index (χ0) is 57.4. The Labute approximate surface area is 480 Å². The van der Waals surface area contributed by atoms with Crippen LogP contribution in [0.1, 0.15) is 163 Å². The van der Waals surface area contributed by atoms with Gasteiger partial charge in [0.1, 0.15) is 18.8 Å². The molecule has 5 aliphatic carbocycles. The first kappa shape index (κ1) is 61.2. The molecule has 442 valence electrons. The van der Waals surface area contributed by atoms with Crippen molar-refractivity contribution in [2.24, 2.45) is 34.5 Å². The lowest BCUT2D eigenvalue weighted by atomic mass is 9.46. The number of aliphatic hydroxyl groups is 2. The van der Waals surface area contributed by atoms with Gasteiger partial charge < -0.3 is 43.5 Å². The summed E-state index contributed by atoms with van der Waals surface area (Å²) in [6, 6.07) is 22.6. The monoisotopic (exact) mass is 1140 g/mol. The molecule has 1 heterocycles. The summed E-state index contributed by atoms with van der Waals surface area (Å²) in [7, 11) is -4.92. The Balaban J connectivity index is 0.799. The van der Waals surface area contributed by atoms with Crippen LogP contribution in [0.4, 0.5) is 0 Å². The molecular formula is C65H90N2O13P+. The van der Waals surface area contributed by atoms with Crippen molar-refractivity contribution in [3.63, 3.8) is 0 Å². The first-order valence-electron chi connectivity index (χ1n) is 30.4. The number of nitrogens with one attached hydrogen (secondary N) is 1. The van der Waals surface area contributed by atoms with Crippen LogP contribution in [0.5, 0.6) is 5.75 Å². The number of carbonyl (C=O) groups is 3. The Morgan fingerprint density at radius 2 is 1.60 bits per heavy atom. The minimum absolute atomic E-state index is 0.00671. The summed E-state index contributed by atoms with van der Waals surface area (Å²) >= 11 is 0. The van der Waals surface area contributed by atoms with E-state index in [2.05, 4.69) is 57.3 Å². The van der Waals surface area contributed by atoms with Gasteiger partial charge in [-0.25, -0.2) is 9.36 Å². The summed E-state index contributed by atoms with van der Waals surface area (Å²) in [5, 5.41) is 27.0. The van der Waals surface area contributed by atoms with E-state index in [9.17, 15) is 34.2 Å². The minimum atomic E-state index is -4.92. The van der Waals surface area contributed by atoms with E-state index in [-0.39, 0.29) is 46.6 Å². The summed E-state index contributed by atoms with van der Waals surface area (Å²) in [5.74, 6) is -0.900. The zero-order valence-corrected chi connectivity index (χ0v) is 49.2. The highest BCUT2D eigenvalue weighted by Crippen LogP contribution is 2.70. The molecule has 81 heavy (non-hydrogen) atoms. The number of ether oxygens (including phenoxy) is 4. The molecule has 4 saturated carbocycles. The van der Waals surface area contributed by atoms with Crippen molar-refractivity contribution in [3.05, 3.63) is 124 Å². The molecule has 10 atom stereocenters. The van der Waals surface area contributed by atoms with Crippen LogP contribution in [0.2, 0.25) is 0 Å². The standard InChI is InChI=1S/C65H89N2O13P/c1-5-67(6-2,43-50-37-49(28-31-57(50)80-81(73,74)75)56(70)41-66-34-16-7-8-17-35-76-36-18-15-21-45-19-11-9-12-20-45)42-46-24-26-47(27-25-46)61(72)77-44-58(71)65-59(78-62(79-65)48-22-13-10-14-23-48)39-54-53-30-29-51-38-52(68)32-33-63(51,3)60(53)55(69)40-64(54,65)4/h9,11-12,19-20,24-28,31-33,37-38,48,53-56,59-60,62,66,69-70H,5-8,10,13-18,21-23,29-30,34-36,39-44H2,1-4H3,(H-,73,74,75)/p+1/t53?,54?,55-,56?,59-,60?,62+,63-,64-,65+/m0/s1. The highest BCUT2D eigenvalue weighted by molar-refractivity contribution is 7.46. The number of benzene rings is 3. The molecular weight excluding hydrogens is 1050 g/mol. The third-order valence-corrected chi connectivity index (χ3v) is 20.3. The lowest BCUT2D eigenvalue weighted by Crippen LogP contribution is -2.63. The van der Waals surface area contributed by atoms with Crippen LogP contribution in [0.15, 0.2) is 96.6 Å². The van der Waals surface area contributed by atoms with Crippen LogP contribution in [-0.4, -0.2) is 112 Å². The van der Waals surface area contributed by atoms with Crippen molar-refractivity contribution in [1.82, 2.24) is 5.32 Å². The number of aryl methyl sites for hydroxylation is 1. The Hall–Kier alpha value is -4.38. The number of carbonyl (C=O) groups excluding carboxylic acids is 3. The molecule has 0 radical (unpaired) electrons. The second-order valence-electron chi connectivity index (χ2n) is 24.8. The molecule has 4 unspecified atom stereocenters. The Morgan fingerprint density at radius 1 is 0.877 bits per heavy atom. The molecule has 5 fully saturated rings. The van der Waals surface area contributed by atoms with Crippen LogP contribution >= 0.6 is 7.82 Å². The van der Waals surface area contributed by atoms with E-state index in [1.165, 1.54) is 11.6 Å². The number of hydrogen-bond acceptors (Lipinski definition) is 12. The van der Waals surface area contributed by atoms with Crippen LogP contribution in [-0.2, 0) is 52.6 Å². The van der Waals surface area contributed by atoms with E-state index in [1.54, 1.807) is 36.4 Å². The number of rotatable bonds is 28. The van der Waals surface area contributed by atoms with Crippen LogP contribution in [0, 0.1) is 34.5 Å². The first-order chi connectivity index (χ1) is 38.9. The van der Waals surface area contributed by atoms with Crippen LogP contribution in [0.25, 0.3) is 0 Å². The Bertz CT molecular complexity index is 2740. The average Bonchev–Trinajstić information content (AvgIpc) is 1.76. The smallest absolute Gasteiger partial charge is 0.454 e. The van der Waals surface area contributed by atoms with Crippen molar-refractivity contribution >= 4 is 25.4 Å². The molecule has 3 aromatic carbocycles. The number of phosphoric acid groups is 1. The zero-order valence-electron chi connectivity index (χ0n) is 48.3. The molecule has 16 heteroatoms. The van der Waals surface area contributed by atoms with E-state index in [4.69, 9.17) is 23.5 Å². The maximum Gasteiger partial charge on any atom is 0.524 e. The highest BCUT2D eigenvalue weighted by Gasteiger charge is 2.76. The molecule has 15 nitrogen and oxygen atoms in total. The summed E-state index contributed by atoms with van der Waals surface area (Å²) in [5.41, 5.74) is 2.07. The number of esters is 1. The topological polar surface area (TPSA) is 207 Å². The van der Waals surface area contributed by atoms with E-state index in [1.807, 2.05) is 24.3 Å². The molecule has 0 bridgehead atoms. The predicted molar refractivity (Wildman–Crippen MR) is 309 cm³/mol. The van der Waals surface area contributed by atoms with Gasteiger partial charge in [0.05, 0.1) is 37.0 Å². The second-order valence-corrected chi connectivity index (χ2v) is 26.0. The van der Waals surface area contributed by atoms with Gasteiger partial charge in [-0.1, -0.05) is 106 Å². The largest absolute Gasteiger partial charge is 0.524 e. The maximum absolute atomic E-state index is 15.1. The molecule has 1 aliphatic heterocycles. The summed E-state index contributed by atoms with van der Waals surface area (Å²) in [6.07, 6.45) is 17.6. The highest BCUT2D eigenvalue weighted by atomic mass is 31.2. The van der Waals surface area contributed by atoms with Gasteiger partial charge in [0, 0.05) is 53.6 Å². The number of nitrogens with zero attached hydrogens (tertiary/aromatic N) is 1. The van der Waals surface area contributed by atoms with Gasteiger partial charge in [-0.2, -0.15) is 0 Å². The number of ketones is 2. The lowest BCUT2D eigenvalue weighted by molar-refractivity contribution is -0.950. The third-order valence-electron chi connectivity index (χ3n) is 19.9. The van der Waals surface area contributed by atoms with Gasteiger partial charge in [0.25, 0.3) is 0 Å². The normalized spacial score (nSPS) is 28.6. The fraction of sp³-hybridized carbons (Fsp3) is 0.615. The summed E-state index contributed by atoms with van der Waals surface area (Å²) in [4.78, 5) is 61.3.